The van der Waals surface area contributed by atoms with Gasteiger partial charge in [-0.3, -0.25) is 9.56 Å². The van der Waals surface area contributed by atoms with Gasteiger partial charge in [0.25, 0.3) is 0 Å². The maximum absolute atomic E-state index is 13.1. The van der Waals surface area contributed by atoms with E-state index in [0.29, 0.717) is 17.1 Å². The highest BCUT2D eigenvalue weighted by atomic mass is 35.5. The highest BCUT2D eigenvalue weighted by molar-refractivity contribution is 7.15. The summed E-state index contributed by atoms with van der Waals surface area (Å²) in [7, 11) is 0. The predicted molar refractivity (Wildman–Crippen MR) is 162 cm³/mol. The minimum absolute atomic E-state index is 0.330. The van der Waals surface area contributed by atoms with E-state index in [9.17, 15) is 4.79 Å². The highest BCUT2D eigenvalue weighted by Crippen LogP contribution is 2.37. The molecule has 0 radical (unpaired) electrons. The van der Waals surface area contributed by atoms with Crippen molar-refractivity contribution in [3.8, 4) is 5.00 Å². The van der Waals surface area contributed by atoms with Crippen LogP contribution < -0.4 is 0 Å². The molecular formula is C32H35ClN4O2S. The van der Waals surface area contributed by atoms with E-state index in [1.165, 1.54) is 44.1 Å². The van der Waals surface area contributed by atoms with Gasteiger partial charge in [0.05, 0.1) is 11.3 Å². The van der Waals surface area contributed by atoms with E-state index >= 15 is 0 Å². The highest BCUT2D eigenvalue weighted by Gasteiger charge is 2.27. The van der Waals surface area contributed by atoms with Crippen LogP contribution in [0.3, 0.4) is 0 Å². The number of hydrogen-bond acceptors (Lipinski definition) is 6. The Bertz CT molecular complexity index is 1510. The van der Waals surface area contributed by atoms with Crippen LogP contribution in [0.2, 0.25) is 5.02 Å². The molecule has 0 bridgehead atoms. The Labute approximate surface area is 245 Å². The fraction of sp³-hybridized carbons (Fsp3) is 0.375. The van der Waals surface area contributed by atoms with Crippen LogP contribution in [-0.4, -0.2) is 26.4 Å². The van der Waals surface area contributed by atoms with Gasteiger partial charge in [-0.25, -0.2) is 4.79 Å². The number of aliphatic imine (C=N–C) groups is 1. The standard InChI is InChI=1S/C32H35ClN4O2S/c1-4-5-6-7-8-9-12-23-15-17-24(18-16-23)32(38)39-21(2)28-19-26-30(25-13-10-11-14-27(25)33)34-20-29-36-35-22(3)37(29)31(26)40-28/h10-11,13-19,21H,4-9,12,20H2,1-3H3. The molecule has 0 N–H and O–H groups in total. The van der Waals surface area contributed by atoms with E-state index in [1.54, 1.807) is 11.3 Å². The molecule has 0 amide bonds. The van der Waals surface area contributed by atoms with Gasteiger partial charge in [0.15, 0.2) is 5.82 Å². The number of thiophene rings is 1. The summed E-state index contributed by atoms with van der Waals surface area (Å²) in [6.07, 6.45) is 8.24. The van der Waals surface area contributed by atoms with Crippen molar-refractivity contribution in [1.82, 2.24) is 14.8 Å². The summed E-state index contributed by atoms with van der Waals surface area (Å²) in [5.41, 5.74) is 4.40. The zero-order valence-electron chi connectivity index (χ0n) is 23.3. The van der Waals surface area contributed by atoms with E-state index in [2.05, 4.69) is 23.2 Å². The summed E-state index contributed by atoms with van der Waals surface area (Å²) in [5.74, 6) is 1.22. The Balaban J connectivity index is 1.32. The predicted octanol–water partition coefficient (Wildman–Crippen LogP) is 8.46. The van der Waals surface area contributed by atoms with Crippen LogP contribution in [0.1, 0.15) is 102 Å². The third-order valence-corrected chi connectivity index (χ3v) is 8.89. The number of hydrogen-bond donors (Lipinski definition) is 0. The second-order valence-corrected chi connectivity index (χ2v) is 11.7. The molecule has 0 spiro atoms. The second-order valence-electron chi connectivity index (χ2n) is 10.3. The molecule has 1 unspecified atom stereocenters. The topological polar surface area (TPSA) is 69.4 Å². The van der Waals surface area contributed by atoms with E-state index in [0.717, 1.165) is 44.8 Å². The van der Waals surface area contributed by atoms with Crippen LogP contribution in [0.5, 0.6) is 0 Å². The van der Waals surface area contributed by atoms with Crippen molar-refractivity contribution in [2.75, 3.05) is 0 Å². The SMILES string of the molecule is CCCCCCCCc1ccc(C(=O)OC(C)c2cc3c(s2)-n2c(C)nnc2CN=C3c2ccccc2Cl)cc1. The molecule has 0 aliphatic carbocycles. The summed E-state index contributed by atoms with van der Waals surface area (Å²) in [6.45, 7) is 6.48. The number of aromatic nitrogens is 3. The van der Waals surface area contributed by atoms with Gasteiger partial charge in [-0.15, -0.1) is 21.5 Å². The first-order chi connectivity index (χ1) is 19.5. The van der Waals surface area contributed by atoms with Gasteiger partial charge < -0.3 is 4.74 Å². The lowest BCUT2D eigenvalue weighted by molar-refractivity contribution is 0.0345. The number of esters is 1. The normalized spacial score (nSPS) is 13.2. The average Bonchev–Trinajstić information content (AvgIpc) is 3.51. The molecule has 40 heavy (non-hydrogen) atoms. The van der Waals surface area contributed by atoms with Crippen molar-refractivity contribution in [3.63, 3.8) is 0 Å². The zero-order valence-corrected chi connectivity index (χ0v) is 24.9. The van der Waals surface area contributed by atoms with E-state index < -0.39 is 6.10 Å². The van der Waals surface area contributed by atoms with Crippen molar-refractivity contribution in [3.05, 3.63) is 98.4 Å². The Morgan fingerprint density at radius 3 is 2.55 bits per heavy atom. The quantitative estimate of drug-likeness (QED) is 0.133. The molecule has 1 aliphatic rings. The summed E-state index contributed by atoms with van der Waals surface area (Å²) in [5, 5.41) is 10.2. The van der Waals surface area contributed by atoms with Gasteiger partial charge in [-0.1, -0.05) is 81.0 Å². The van der Waals surface area contributed by atoms with Gasteiger partial charge in [-0.2, -0.15) is 0 Å². The maximum atomic E-state index is 13.1. The first-order valence-electron chi connectivity index (χ1n) is 14.1. The monoisotopic (exact) mass is 574 g/mol. The summed E-state index contributed by atoms with van der Waals surface area (Å²) < 4.78 is 7.97. The molecule has 0 fully saturated rings. The fourth-order valence-electron chi connectivity index (χ4n) is 5.03. The molecule has 3 heterocycles. The van der Waals surface area contributed by atoms with Crippen LogP contribution in [0.4, 0.5) is 0 Å². The van der Waals surface area contributed by atoms with Crippen molar-refractivity contribution in [2.45, 2.75) is 78.4 Å². The third-order valence-electron chi connectivity index (χ3n) is 7.28. The lowest BCUT2D eigenvalue weighted by Gasteiger charge is -2.12. The first kappa shape index (κ1) is 28.2. The van der Waals surface area contributed by atoms with Crippen molar-refractivity contribution >= 4 is 34.6 Å². The Morgan fingerprint density at radius 2 is 1.77 bits per heavy atom. The second kappa shape index (κ2) is 12.9. The van der Waals surface area contributed by atoms with Crippen molar-refractivity contribution in [2.24, 2.45) is 4.99 Å². The Kier molecular flexibility index (Phi) is 9.12. The maximum Gasteiger partial charge on any atom is 0.338 e. The molecule has 5 rings (SSSR count). The van der Waals surface area contributed by atoms with Crippen LogP contribution in [0.25, 0.3) is 5.00 Å². The minimum atomic E-state index is -0.444. The molecule has 2 aromatic heterocycles. The van der Waals surface area contributed by atoms with Crippen LogP contribution >= 0.6 is 22.9 Å². The average molecular weight is 575 g/mol. The lowest BCUT2D eigenvalue weighted by Crippen LogP contribution is -2.09. The first-order valence-corrected chi connectivity index (χ1v) is 15.3. The molecule has 1 atom stereocenters. The summed E-state index contributed by atoms with van der Waals surface area (Å²) in [6, 6.07) is 17.6. The molecule has 208 valence electrons. The van der Waals surface area contributed by atoms with Crippen molar-refractivity contribution < 1.29 is 9.53 Å². The zero-order chi connectivity index (χ0) is 28.1. The van der Waals surface area contributed by atoms with Gasteiger partial charge in [-0.05, 0) is 56.5 Å². The van der Waals surface area contributed by atoms with Gasteiger partial charge in [0.1, 0.15) is 23.5 Å². The third kappa shape index (κ3) is 6.21. The molecule has 4 aromatic rings. The Hall–Kier alpha value is -3.29. The van der Waals surface area contributed by atoms with Crippen molar-refractivity contribution in [1.29, 1.82) is 0 Å². The number of nitrogens with zero attached hydrogens (tertiary/aromatic N) is 4. The number of halogens is 1. The van der Waals surface area contributed by atoms with Gasteiger partial charge >= 0.3 is 5.97 Å². The van der Waals surface area contributed by atoms with Gasteiger partial charge in [0.2, 0.25) is 0 Å². The number of ether oxygens (including phenoxy) is 1. The fourth-order valence-corrected chi connectivity index (χ4v) is 6.46. The largest absolute Gasteiger partial charge is 0.453 e. The Morgan fingerprint density at radius 1 is 1.02 bits per heavy atom. The molecule has 6 nitrogen and oxygen atoms in total. The molecule has 1 aliphatic heterocycles. The van der Waals surface area contributed by atoms with E-state index in [1.807, 2.05) is 66.9 Å². The molecule has 8 heteroatoms. The number of aryl methyl sites for hydroxylation is 2. The number of rotatable bonds is 11. The van der Waals surface area contributed by atoms with Crippen LogP contribution in [-0.2, 0) is 17.7 Å². The van der Waals surface area contributed by atoms with E-state index in [4.69, 9.17) is 21.3 Å². The van der Waals surface area contributed by atoms with Crippen LogP contribution in [0.15, 0.2) is 59.6 Å². The number of carbonyl (C=O) groups is 1. The molecule has 2 aromatic carbocycles. The number of carbonyl (C=O) groups excluding carboxylic acids is 1. The summed E-state index contributed by atoms with van der Waals surface area (Å²) >= 11 is 8.14. The van der Waals surface area contributed by atoms with Crippen LogP contribution in [0, 0.1) is 6.92 Å². The summed E-state index contributed by atoms with van der Waals surface area (Å²) in [4.78, 5) is 18.9. The molecular weight excluding hydrogens is 540 g/mol. The number of unbranched alkanes of at least 4 members (excludes halogenated alkanes) is 5. The molecule has 0 saturated carbocycles. The smallest absolute Gasteiger partial charge is 0.338 e. The molecule has 0 saturated heterocycles. The number of benzene rings is 2. The number of fused-ring (bicyclic) bond motifs is 3. The van der Waals surface area contributed by atoms with Gasteiger partial charge in [0, 0.05) is 21.0 Å². The minimum Gasteiger partial charge on any atom is -0.453 e. The van der Waals surface area contributed by atoms with E-state index in [-0.39, 0.29) is 5.97 Å². The lowest BCUT2D eigenvalue weighted by atomic mass is 10.0.